The Bertz CT molecular complexity index is 849. The minimum Gasteiger partial charge on any atom is -0.309 e. The highest BCUT2D eigenvalue weighted by Gasteiger charge is 2.35. The van der Waals surface area contributed by atoms with Crippen molar-refractivity contribution in [2.75, 3.05) is 10.7 Å². The molecule has 0 aromatic heterocycles. The first kappa shape index (κ1) is 19.1. The number of aryl methyl sites for hydroxylation is 1. The zero-order valence-electron chi connectivity index (χ0n) is 15.2. The lowest BCUT2D eigenvalue weighted by Crippen LogP contribution is -2.33. The van der Waals surface area contributed by atoms with Gasteiger partial charge in [0, 0.05) is 12.8 Å². The molecule has 1 aromatic rings. The number of thioether (sulfide) groups is 1. The average molecular weight is 389 g/mol. The minimum absolute atomic E-state index is 0.00306. The number of amides is 4. The van der Waals surface area contributed by atoms with E-state index >= 15 is 0 Å². The zero-order valence-corrected chi connectivity index (χ0v) is 16.0. The van der Waals surface area contributed by atoms with Crippen molar-refractivity contribution in [2.45, 2.75) is 39.5 Å². The van der Waals surface area contributed by atoms with Crippen LogP contribution in [0, 0.1) is 6.92 Å². The molecule has 3 rings (SSSR count). The van der Waals surface area contributed by atoms with Gasteiger partial charge in [0.2, 0.25) is 5.91 Å². The molecule has 0 atom stereocenters. The molecule has 142 valence electrons. The van der Waals surface area contributed by atoms with Crippen molar-refractivity contribution in [3.05, 3.63) is 29.3 Å². The maximum atomic E-state index is 12.5. The summed E-state index contributed by atoms with van der Waals surface area (Å²) < 4.78 is 0. The molecule has 27 heavy (non-hydrogen) atoms. The molecule has 0 unspecified atom stereocenters. The van der Waals surface area contributed by atoms with Gasteiger partial charge in [-0.05, 0) is 30.0 Å². The predicted molar refractivity (Wildman–Crippen MR) is 100 cm³/mol. The van der Waals surface area contributed by atoms with Crippen molar-refractivity contribution in [3.8, 4) is 0 Å². The molecule has 2 fully saturated rings. The van der Waals surface area contributed by atoms with Crippen LogP contribution in [0.15, 0.2) is 23.2 Å². The molecular weight excluding hydrogens is 370 g/mol. The molecule has 4 amide bonds. The smallest absolute Gasteiger partial charge is 0.309 e. The lowest BCUT2D eigenvalue weighted by atomic mass is 9.99. The van der Waals surface area contributed by atoms with Crippen LogP contribution in [0.2, 0.25) is 0 Å². The van der Waals surface area contributed by atoms with Gasteiger partial charge in [-0.1, -0.05) is 37.7 Å². The first-order chi connectivity index (χ1) is 12.8. The highest BCUT2D eigenvalue weighted by atomic mass is 32.2. The Balaban J connectivity index is 1.90. The maximum Gasteiger partial charge on any atom is 0.461 e. The number of hydroxylamine groups is 2. The number of carbonyl (C=O) groups is 4. The van der Waals surface area contributed by atoms with Gasteiger partial charge in [0.25, 0.3) is 11.8 Å². The number of anilines is 1. The second kappa shape index (κ2) is 7.51. The largest absolute Gasteiger partial charge is 0.461 e. The molecule has 2 aliphatic heterocycles. The Morgan fingerprint density at radius 3 is 2.44 bits per heavy atom. The molecule has 0 spiro atoms. The van der Waals surface area contributed by atoms with E-state index in [0.717, 1.165) is 22.9 Å². The summed E-state index contributed by atoms with van der Waals surface area (Å²) in [5.74, 6) is -1.07. The van der Waals surface area contributed by atoms with Crippen molar-refractivity contribution < 1.29 is 24.0 Å². The fraction of sp³-hybridized carbons (Fsp3) is 0.389. The van der Waals surface area contributed by atoms with Crippen LogP contribution in [-0.4, -0.2) is 39.8 Å². The van der Waals surface area contributed by atoms with Crippen molar-refractivity contribution in [3.63, 3.8) is 0 Å². The highest BCUT2D eigenvalue weighted by molar-refractivity contribution is 8.15. The van der Waals surface area contributed by atoms with Gasteiger partial charge in [-0.25, -0.2) is 4.79 Å². The summed E-state index contributed by atoms with van der Waals surface area (Å²) in [6, 6.07) is 5.78. The van der Waals surface area contributed by atoms with E-state index in [4.69, 9.17) is 4.84 Å². The Labute approximate surface area is 160 Å². The number of rotatable bonds is 3. The van der Waals surface area contributed by atoms with Crippen LogP contribution < -0.4 is 4.90 Å². The Kier molecular flexibility index (Phi) is 5.31. The van der Waals surface area contributed by atoms with E-state index in [2.05, 4.69) is 4.99 Å². The van der Waals surface area contributed by atoms with Crippen LogP contribution in [-0.2, 0) is 19.2 Å². The molecule has 8 nitrogen and oxygen atoms in total. The number of hydrogen-bond acceptors (Lipinski definition) is 6. The van der Waals surface area contributed by atoms with Gasteiger partial charge in [0.1, 0.15) is 0 Å². The summed E-state index contributed by atoms with van der Waals surface area (Å²) in [5.41, 5.74) is 2.58. The van der Waals surface area contributed by atoms with E-state index < -0.39 is 17.9 Å². The van der Waals surface area contributed by atoms with Gasteiger partial charge < -0.3 is 4.84 Å². The molecule has 0 bridgehead atoms. The first-order valence-electron chi connectivity index (χ1n) is 8.50. The summed E-state index contributed by atoms with van der Waals surface area (Å²) in [6.07, 6.45) is -1.11. The van der Waals surface area contributed by atoms with Crippen LogP contribution in [0.3, 0.4) is 0 Å². The van der Waals surface area contributed by atoms with E-state index in [0.29, 0.717) is 10.8 Å². The van der Waals surface area contributed by atoms with Crippen LogP contribution in [0.4, 0.5) is 10.5 Å². The Morgan fingerprint density at radius 2 is 1.81 bits per heavy atom. The van der Waals surface area contributed by atoms with Crippen LogP contribution >= 0.6 is 11.8 Å². The quantitative estimate of drug-likeness (QED) is 0.738. The number of nitrogens with zero attached hydrogens (tertiary/aromatic N) is 3. The van der Waals surface area contributed by atoms with Crippen molar-refractivity contribution in [1.82, 2.24) is 5.06 Å². The van der Waals surface area contributed by atoms with E-state index in [-0.39, 0.29) is 35.6 Å². The Morgan fingerprint density at radius 1 is 1.15 bits per heavy atom. The number of imide groups is 1. The van der Waals surface area contributed by atoms with E-state index in [9.17, 15) is 19.2 Å². The number of amidine groups is 1. The molecule has 0 saturated carbocycles. The van der Waals surface area contributed by atoms with E-state index in [1.807, 2.05) is 39.0 Å². The third-order valence-corrected chi connectivity index (χ3v) is 5.10. The van der Waals surface area contributed by atoms with Crippen molar-refractivity contribution >= 4 is 46.4 Å². The van der Waals surface area contributed by atoms with Gasteiger partial charge in [0.15, 0.2) is 5.17 Å². The van der Waals surface area contributed by atoms with Crippen molar-refractivity contribution in [2.24, 2.45) is 4.99 Å². The number of aliphatic imine (C=N–C) groups is 1. The summed E-state index contributed by atoms with van der Waals surface area (Å²) >= 11 is 1.10. The Hall–Kier alpha value is -2.68. The molecule has 2 saturated heterocycles. The third-order valence-electron chi connectivity index (χ3n) is 4.18. The van der Waals surface area contributed by atoms with Gasteiger partial charge in [0.05, 0.1) is 11.4 Å². The molecule has 0 N–H and O–H groups in total. The second-order valence-electron chi connectivity index (χ2n) is 6.57. The second-order valence-corrected chi connectivity index (χ2v) is 7.51. The van der Waals surface area contributed by atoms with Gasteiger partial charge in [-0.3, -0.25) is 19.3 Å². The third kappa shape index (κ3) is 3.87. The van der Waals surface area contributed by atoms with Gasteiger partial charge >= 0.3 is 6.09 Å². The number of benzene rings is 1. The monoisotopic (exact) mass is 389 g/mol. The predicted octanol–water partition coefficient (Wildman–Crippen LogP) is 2.75. The molecule has 0 radical (unpaired) electrons. The summed E-state index contributed by atoms with van der Waals surface area (Å²) in [5, 5.41) is 0.598. The first-order valence-corrected chi connectivity index (χ1v) is 9.49. The summed E-state index contributed by atoms with van der Waals surface area (Å²) in [4.78, 5) is 57.7. The topological polar surface area (TPSA) is 96.3 Å². The minimum atomic E-state index is -1.11. The molecule has 1 aromatic carbocycles. The fourth-order valence-electron chi connectivity index (χ4n) is 2.85. The molecule has 2 aliphatic rings. The molecule has 0 aliphatic carbocycles. The number of hydrogen-bond donors (Lipinski definition) is 0. The highest BCUT2D eigenvalue weighted by Crippen LogP contribution is 2.34. The zero-order chi connectivity index (χ0) is 19.7. The molecule has 9 heteroatoms. The van der Waals surface area contributed by atoms with Crippen LogP contribution in [0.1, 0.15) is 43.7 Å². The summed E-state index contributed by atoms with van der Waals surface area (Å²) in [7, 11) is 0. The van der Waals surface area contributed by atoms with Gasteiger partial charge in [-0.2, -0.15) is 0 Å². The lowest BCUT2D eigenvalue weighted by molar-refractivity contribution is -0.170. The van der Waals surface area contributed by atoms with Crippen LogP contribution in [0.5, 0.6) is 0 Å². The molecular formula is C18H19N3O5S. The van der Waals surface area contributed by atoms with Gasteiger partial charge in [-0.15, -0.1) is 10.1 Å². The maximum absolute atomic E-state index is 12.5. The summed E-state index contributed by atoms with van der Waals surface area (Å²) in [6.45, 7) is 5.94. The molecule has 2 heterocycles. The van der Waals surface area contributed by atoms with Crippen LogP contribution in [0.25, 0.3) is 0 Å². The standard InChI is InChI=1S/C18H19N3O5S/c1-10(2)12-5-4-11(3)8-13(12)20-16(24)9-27-17(20)19-18(25)26-21-14(22)6-7-15(21)23/h4-5,8,10H,6-7,9H2,1-3H3/b19-17-. The average Bonchev–Trinajstić information content (AvgIpc) is 3.11. The lowest BCUT2D eigenvalue weighted by Gasteiger charge is -2.22. The van der Waals surface area contributed by atoms with E-state index in [1.54, 1.807) is 0 Å². The number of carbonyl (C=O) groups excluding carboxylic acids is 4. The SMILES string of the molecule is Cc1ccc(C(C)C)c(N2C(=O)CS/C2=N\C(=O)ON2C(=O)CCC2=O)c1. The normalized spacial score (nSPS) is 19.0. The van der Waals surface area contributed by atoms with Crippen molar-refractivity contribution in [1.29, 1.82) is 0 Å². The van der Waals surface area contributed by atoms with E-state index in [1.165, 1.54) is 4.90 Å². The fourth-order valence-corrected chi connectivity index (χ4v) is 3.70.